The van der Waals surface area contributed by atoms with E-state index in [4.69, 9.17) is 0 Å². The standard InChI is InChI=1S/C19H38F2N2O/c1-18(2,3)14-23-9-7-8-16(13-23)12-19(4,5)15-22(6)10-11-24-17(20)21/h16-17H,7-15H2,1-6H3. The molecule has 0 aliphatic carbocycles. The van der Waals surface area contributed by atoms with Gasteiger partial charge in [0.25, 0.3) is 0 Å². The van der Waals surface area contributed by atoms with Gasteiger partial charge in [0.2, 0.25) is 0 Å². The summed E-state index contributed by atoms with van der Waals surface area (Å²) in [7, 11) is 1.99. The maximum Gasteiger partial charge on any atom is 0.345 e. The molecule has 1 heterocycles. The van der Waals surface area contributed by atoms with Crippen LogP contribution in [0.1, 0.15) is 53.9 Å². The summed E-state index contributed by atoms with van der Waals surface area (Å²) in [5.74, 6) is 0.738. The van der Waals surface area contributed by atoms with Crippen molar-refractivity contribution in [2.75, 3.05) is 46.4 Å². The van der Waals surface area contributed by atoms with Crippen LogP contribution in [0.25, 0.3) is 0 Å². The quantitative estimate of drug-likeness (QED) is 0.617. The first-order chi connectivity index (χ1) is 11.0. The van der Waals surface area contributed by atoms with Crippen LogP contribution in [0.5, 0.6) is 0 Å². The molecule has 1 rings (SSSR count). The SMILES string of the molecule is CN(CCOC(F)F)CC(C)(C)CC1CCCN(CC(C)(C)C)C1. The van der Waals surface area contributed by atoms with Crippen molar-refractivity contribution in [1.29, 1.82) is 0 Å². The third-order valence-electron chi connectivity index (χ3n) is 4.56. The molecular weight excluding hydrogens is 310 g/mol. The molecule has 0 N–H and O–H groups in total. The van der Waals surface area contributed by atoms with Crippen LogP contribution in [0.15, 0.2) is 0 Å². The van der Waals surface area contributed by atoms with Gasteiger partial charge in [0.1, 0.15) is 0 Å². The van der Waals surface area contributed by atoms with E-state index in [0.717, 1.165) is 19.0 Å². The zero-order valence-electron chi connectivity index (χ0n) is 16.6. The Bertz CT molecular complexity index is 356. The van der Waals surface area contributed by atoms with E-state index in [1.807, 2.05) is 7.05 Å². The first kappa shape index (κ1) is 21.8. The molecule has 144 valence electrons. The number of hydrogen-bond donors (Lipinski definition) is 0. The van der Waals surface area contributed by atoms with E-state index in [1.165, 1.54) is 32.4 Å². The predicted octanol–water partition coefficient (Wildman–Crippen LogP) is 4.33. The lowest BCUT2D eigenvalue weighted by molar-refractivity contribution is -0.131. The first-order valence-electron chi connectivity index (χ1n) is 9.27. The van der Waals surface area contributed by atoms with Crippen LogP contribution >= 0.6 is 0 Å². The van der Waals surface area contributed by atoms with E-state index >= 15 is 0 Å². The first-order valence-corrected chi connectivity index (χ1v) is 9.27. The molecule has 1 saturated heterocycles. The highest BCUT2D eigenvalue weighted by atomic mass is 19.3. The molecule has 1 aliphatic heterocycles. The molecule has 0 radical (unpaired) electrons. The van der Waals surface area contributed by atoms with Crippen molar-refractivity contribution in [3.8, 4) is 0 Å². The lowest BCUT2D eigenvalue weighted by atomic mass is 9.79. The predicted molar refractivity (Wildman–Crippen MR) is 96.5 cm³/mol. The Labute approximate surface area is 147 Å². The van der Waals surface area contributed by atoms with Gasteiger partial charge in [-0.25, -0.2) is 0 Å². The molecule has 0 bridgehead atoms. The van der Waals surface area contributed by atoms with Crippen molar-refractivity contribution in [2.45, 2.75) is 60.5 Å². The lowest BCUT2D eigenvalue weighted by Gasteiger charge is -2.40. The summed E-state index contributed by atoms with van der Waals surface area (Å²) in [6, 6.07) is 0. The average Bonchev–Trinajstić information content (AvgIpc) is 2.34. The number of ether oxygens (including phenoxy) is 1. The maximum absolute atomic E-state index is 12.0. The number of likely N-dealkylation sites (tertiary alicyclic amines) is 1. The molecule has 1 aliphatic rings. The van der Waals surface area contributed by atoms with Crippen molar-refractivity contribution < 1.29 is 13.5 Å². The summed E-state index contributed by atoms with van der Waals surface area (Å²) in [5.41, 5.74) is 0.539. The smallest absolute Gasteiger partial charge is 0.322 e. The van der Waals surface area contributed by atoms with E-state index < -0.39 is 6.61 Å². The normalized spacial score (nSPS) is 21.0. The number of rotatable bonds is 9. The number of nitrogens with zero attached hydrogens (tertiary/aromatic N) is 2. The van der Waals surface area contributed by atoms with Gasteiger partial charge < -0.3 is 14.5 Å². The summed E-state index contributed by atoms with van der Waals surface area (Å²) >= 11 is 0. The molecule has 1 unspecified atom stereocenters. The van der Waals surface area contributed by atoms with Crippen LogP contribution < -0.4 is 0 Å². The molecule has 1 atom stereocenters. The molecule has 0 saturated carbocycles. The Morgan fingerprint density at radius 2 is 1.88 bits per heavy atom. The second-order valence-corrected chi connectivity index (χ2v) is 9.54. The van der Waals surface area contributed by atoms with Crippen LogP contribution in [0.2, 0.25) is 0 Å². The highest BCUT2D eigenvalue weighted by Crippen LogP contribution is 2.32. The van der Waals surface area contributed by atoms with Crippen molar-refractivity contribution in [2.24, 2.45) is 16.7 Å². The van der Waals surface area contributed by atoms with E-state index in [-0.39, 0.29) is 12.0 Å². The largest absolute Gasteiger partial charge is 0.345 e. The Morgan fingerprint density at radius 3 is 2.46 bits per heavy atom. The van der Waals surface area contributed by atoms with Gasteiger partial charge in [-0.05, 0) is 49.6 Å². The third-order valence-corrected chi connectivity index (χ3v) is 4.56. The number of hydrogen-bond acceptors (Lipinski definition) is 3. The van der Waals surface area contributed by atoms with E-state index in [0.29, 0.717) is 12.0 Å². The summed E-state index contributed by atoms with van der Waals surface area (Å²) in [4.78, 5) is 4.72. The molecule has 0 aromatic rings. The van der Waals surface area contributed by atoms with Crippen molar-refractivity contribution >= 4 is 0 Å². The van der Waals surface area contributed by atoms with Gasteiger partial charge in [-0.2, -0.15) is 8.78 Å². The van der Waals surface area contributed by atoms with Crippen LogP contribution in [-0.2, 0) is 4.74 Å². The minimum Gasteiger partial charge on any atom is -0.322 e. The van der Waals surface area contributed by atoms with Crippen LogP contribution in [0, 0.1) is 16.7 Å². The highest BCUT2D eigenvalue weighted by molar-refractivity contribution is 4.82. The molecule has 0 aromatic heterocycles. The Kier molecular flexibility index (Phi) is 8.57. The van der Waals surface area contributed by atoms with Gasteiger partial charge in [0, 0.05) is 26.2 Å². The van der Waals surface area contributed by atoms with Gasteiger partial charge in [0.05, 0.1) is 6.61 Å². The molecule has 1 fully saturated rings. The number of piperidine rings is 1. The number of likely N-dealkylation sites (N-methyl/N-ethyl adjacent to an activating group) is 1. The average molecular weight is 349 g/mol. The fourth-order valence-electron chi connectivity index (χ4n) is 4.09. The van der Waals surface area contributed by atoms with E-state index in [2.05, 4.69) is 49.2 Å². The maximum atomic E-state index is 12.0. The fourth-order valence-corrected chi connectivity index (χ4v) is 4.09. The fraction of sp³-hybridized carbons (Fsp3) is 1.00. The molecule has 0 spiro atoms. The van der Waals surface area contributed by atoms with Gasteiger partial charge in [-0.15, -0.1) is 0 Å². The van der Waals surface area contributed by atoms with Gasteiger partial charge in [0.15, 0.2) is 0 Å². The zero-order valence-corrected chi connectivity index (χ0v) is 16.6. The lowest BCUT2D eigenvalue weighted by Crippen LogP contribution is -2.42. The van der Waals surface area contributed by atoms with Crippen LogP contribution in [0.3, 0.4) is 0 Å². The van der Waals surface area contributed by atoms with Crippen molar-refractivity contribution in [1.82, 2.24) is 9.80 Å². The molecular formula is C19H38F2N2O. The van der Waals surface area contributed by atoms with Crippen molar-refractivity contribution in [3.63, 3.8) is 0 Å². The monoisotopic (exact) mass is 348 g/mol. The van der Waals surface area contributed by atoms with E-state index in [1.54, 1.807) is 0 Å². The zero-order chi connectivity index (χ0) is 18.4. The minimum absolute atomic E-state index is 0.0903. The second kappa shape index (κ2) is 9.44. The second-order valence-electron chi connectivity index (χ2n) is 9.54. The van der Waals surface area contributed by atoms with E-state index in [9.17, 15) is 8.78 Å². The summed E-state index contributed by atoms with van der Waals surface area (Å²) in [6.45, 7) is 14.0. The van der Waals surface area contributed by atoms with Gasteiger partial charge >= 0.3 is 6.61 Å². The molecule has 0 aromatic carbocycles. The number of halogens is 2. The topological polar surface area (TPSA) is 15.7 Å². The van der Waals surface area contributed by atoms with Gasteiger partial charge in [-0.3, -0.25) is 0 Å². The summed E-state index contributed by atoms with van der Waals surface area (Å²) in [6.07, 6.45) is 3.78. The third kappa shape index (κ3) is 9.90. The Hall–Kier alpha value is -0.260. The Morgan fingerprint density at radius 1 is 1.21 bits per heavy atom. The minimum atomic E-state index is -2.66. The van der Waals surface area contributed by atoms with Crippen molar-refractivity contribution in [3.05, 3.63) is 0 Å². The Balaban J connectivity index is 2.39. The van der Waals surface area contributed by atoms with Crippen LogP contribution in [0.4, 0.5) is 8.78 Å². The molecule has 24 heavy (non-hydrogen) atoms. The molecule has 3 nitrogen and oxygen atoms in total. The molecule has 0 amide bonds. The van der Waals surface area contributed by atoms with Gasteiger partial charge in [-0.1, -0.05) is 34.6 Å². The molecule has 5 heteroatoms. The highest BCUT2D eigenvalue weighted by Gasteiger charge is 2.29. The summed E-state index contributed by atoms with van der Waals surface area (Å²) in [5, 5.41) is 0. The number of alkyl halides is 2. The van der Waals surface area contributed by atoms with Crippen LogP contribution in [-0.4, -0.2) is 62.8 Å². The summed E-state index contributed by atoms with van der Waals surface area (Å²) < 4.78 is 28.4.